The minimum Gasteiger partial charge on any atom is -0.508 e. The predicted molar refractivity (Wildman–Crippen MR) is 88.8 cm³/mol. The third-order valence-electron chi connectivity index (χ3n) is 4.45. The quantitative estimate of drug-likeness (QED) is 0.809. The number of phenols is 1. The Bertz CT molecular complexity index is 396. The van der Waals surface area contributed by atoms with Gasteiger partial charge in [-0.05, 0) is 76.4 Å². The summed E-state index contributed by atoms with van der Waals surface area (Å²) in [4.78, 5) is 2.58. The Hall–Kier alpha value is -1.06. The second kappa shape index (κ2) is 8.40. The molecule has 0 bridgehead atoms. The highest BCUT2D eigenvalue weighted by Gasteiger charge is 2.19. The first kappa shape index (κ1) is 16.3. The molecule has 1 aromatic rings. The summed E-state index contributed by atoms with van der Waals surface area (Å²) in [5.41, 5.74) is 1.30. The van der Waals surface area contributed by atoms with E-state index in [1.807, 2.05) is 12.1 Å². The van der Waals surface area contributed by atoms with Gasteiger partial charge in [0.05, 0.1) is 0 Å². The molecule has 118 valence electrons. The fourth-order valence-electron chi connectivity index (χ4n) is 3.17. The third-order valence-corrected chi connectivity index (χ3v) is 4.45. The molecule has 1 atom stereocenters. The summed E-state index contributed by atoms with van der Waals surface area (Å²) < 4.78 is 0. The van der Waals surface area contributed by atoms with Crippen molar-refractivity contribution in [2.45, 2.75) is 58.0 Å². The summed E-state index contributed by atoms with van der Waals surface area (Å²) in [6.07, 6.45) is 6.05. The number of nitrogens with zero attached hydrogens (tertiary/aromatic N) is 1. The Morgan fingerprint density at radius 3 is 2.52 bits per heavy atom. The van der Waals surface area contributed by atoms with E-state index in [1.54, 1.807) is 12.1 Å². The third kappa shape index (κ3) is 5.68. The van der Waals surface area contributed by atoms with E-state index in [4.69, 9.17) is 0 Å². The maximum Gasteiger partial charge on any atom is 0.115 e. The monoisotopic (exact) mass is 290 g/mol. The van der Waals surface area contributed by atoms with Crippen molar-refractivity contribution in [2.24, 2.45) is 0 Å². The van der Waals surface area contributed by atoms with Crippen molar-refractivity contribution in [1.29, 1.82) is 0 Å². The number of benzene rings is 1. The Kier molecular flexibility index (Phi) is 6.52. The zero-order chi connectivity index (χ0) is 15.1. The number of rotatable bonds is 7. The Balaban J connectivity index is 1.65. The van der Waals surface area contributed by atoms with Gasteiger partial charge in [-0.1, -0.05) is 19.1 Å². The fourth-order valence-corrected chi connectivity index (χ4v) is 3.17. The van der Waals surface area contributed by atoms with Crippen LogP contribution in [0.25, 0.3) is 0 Å². The van der Waals surface area contributed by atoms with Crippen molar-refractivity contribution in [1.82, 2.24) is 10.2 Å². The van der Waals surface area contributed by atoms with Crippen molar-refractivity contribution in [3.63, 3.8) is 0 Å². The minimum absolute atomic E-state index is 0.351. The topological polar surface area (TPSA) is 35.5 Å². The molecule has 0 amide bonds. The average molecular weight is 290 g/mol. The highest BCUT2D eigenvalue weighted by atomic mass is 16.3. The molecule has 0 aliphatic carbocycles. The van der Waals surface area contributed by atoms with E-state index in [-0.39, 0.29) is 0 Å². The zero-order valence-corrected chi connectivity index (χ0v) is 13.5. The van der Waals surface area contributed by atoms with Crippen LogP contribution in [0.4, 0.5) is 0 Å². The number of aromatic hydroxyl groups is 1. The number of piperidine rings is 1. The Labute approximate surface area is 129 Å². The molecule has 1 aromatic carbocycles. The molecule has 1 saturated heterocycles. The van der Waals surface area contributed by atoms with Crippen LogP contribution in [0, 0.1) is 0 Å². The molecule has 0 spiro atoms. The maximum atomic E-state index is 9.29. The molecule has 1 aliphatic heterocycles. The van der Waals surface area contributed by atoms with E-state index in [0.717, 1.165) is 12.8 Å². The molecule has 3 nitrogen and oxygen atoms in total. The second-order valence-electron chi connectivity index (χ2n) is 6.39. The summed E-state index contributed by atoms with van der Waals surface area (Å²) >= 11 is 0. The van der Waals surface area contributed by atoms with E-state index < -0.39 is 0 Å². The summed E-state index contributed by atoms with van der Waals surface area (Å²) in [7, 11) is 0. The van der Waals surface area contributed by atoms with Crippen LogP contribution in [0.5, 0.6) is 5.75 Å². The van der Waals surface area contributed by atoms with E-state index in [0.29, 0.717) is 17.8 Å². The molecule has 1 unspecified atom stereocenters. The van der Waals surface area contributed by atoms with Crippen LogP contribution in [0.15, 0.2) is 24.3 Å². The van der Waals surface area contributed by atoms with Gasteiger partial charge in [0.2, 0.25) is 0 Å². The normalized spacial score (nSPS) is 18.8. The molecule has 21 heavy (non-hydrogen) atoms. The van der Waals surface area contributed by atoms with Crippen LogP contribution < -0.4 is 5.32 Å². The molecule has 0 radical (unpaired) electrons. The van der Waals surface area contributed by atoms with Gasteiger partial charge in [-0.2, -0.15) is 0 Å². The number of likely N-dealkylation sites (tertiary alicyclic amines) is 1. The molecule has 1 aliphatic rings. The number of nitrogens with one attached hydrogen (secondary N) is 1. The van der Waals surface area contributed by atoms with Crippen molar-refractivity contribution in [3.8, 4) is 5.75 Å². The van der Waals surface area contributed by atoms with Crippen LogP contribution in [-0.4, -0.2) is 41.7 Å². The number of phenolic OH excluding ortho intramolecular Hbond substituents is 1. The van der Waals surface area contributed by atoms with Gasteiger partial charge >= 0.3 is 0 Å². The van der Waals surface area contributed by atoms with Crippen molar-refractivity contribution >= 4 is 0 Å². The lowest BCUT2D eigenvalue weighted by atomic mass is 10.0. The maximum absolute atomic E-state index is 9.29. The fraction of sp³-hybridized carbons (Fsp3) is 0.667. The first-order chi connectivity index (χ1) is 10.2. The van der Waals surface area contributed by atoms with E-state index >= 15 is 0 Å². The van der Waals surface area contributed by atoms with Crippen LogP contribution in [0.1, 0.15) is 45.1 Å². The van der Waals surface area contributed by atoms with Gasteiger partial charge in [0, 0.05) is 12.1 Å². The average Bonchev–Trinajstić information content (AvgIpc) is 2.49. The molecule has 0 saturated carbocycles. The lowest BCUT2D eigenvalue weighted by Gasteiger charge is -2.33. The second-order valence-corrected chi connectivity index (χ2v) is 6.39. The first-order valence-corrected chi connectivity index (χ1v) is 8.43. The number of hydrogen-bond acceptors (Lipinski definition) is 3. The molecule has 1 heterocycles. The van der Waals surface area contributed by atoms with Crippen LogP contribution in [0.3, 0.4) is 0 Å². The first-order valence-electron chi connectivity index (χ1n) is 8.43. The van der Waals surface area contributed by atoms with Gasteiger partial charge in [0.25, 0.3) is 0 Å². The SMILES string of the molecule is CCCN1CCC(NC(C)CCc2ccc(O)cc2)CC1. The molecular weight excluding hydrogens is 260 g/mol. The molecule has 0 aromatic heterocycles. The van der Waals surface area contributed by atoms with Gasteiger partial charge in [0.1, 0.15) is 5.75 Å². The lowest BCUT2D eigenvalue weighted by Crippen LogP contribution is -2.45. The van der Waals surface area contributed by atoms with Crippen LogP contribution >= 0.6 is 0 Å². The van der Waals surface area contributed by atoms with Crippen molar-refractivity contribution < 1.29 is 5.11 Å². The van der Waals surface area contributed by atoms with Gasteiger partial charge in [0.15, 0.2) is 0 Å². The van der Waals surface area contributed by atoms with Gasteiger partial charge in [-0.15, -0.1) is 0 Å². The number of aryl methyl sites for hydroxylation is 1. The Morgan fingerprint density at radius 2 is 1.90 bits per heavy atom. The smallest absolute Gasteiger partial charge is 0.115 e. The van der Waals surface area contributed by atoms with E-state index in [9.17, 15) is 5.11 Å². The van der Waals surface area contributed by atoms with E-state index in [1.165, 1.54) is 44.5 Å². The van der Waals surface area contributed by atoms with Gasteiger partial charge < -0.3 is 15.3 Å². The largest absolute Gasteiger partial charge is 0.508 e. The van der Waals surface area contributed by atoms with Crippen LogP contribution in [0.2, 0.25) is 0 Å². The molecule has 2 N–H and O–H groups in total. The number of hydrogen-bond donors (Lipinski definition) is 2. The van der Waals surface area contributed by atoms with Gasteiger partial charge in [-0.3, -0.25) is 0 Å². The Morgan fingerprint density at radius 1 is 1.24 bits per heavy atom. The standard InChI is InChI=1S/C18H30N2O/c1-3-12-20-13-10-17(11-14-20)19-15(2)4-5-16-6-8-18(21)9-7-16/h6-9,15,17,19,21H,3-5,10-14H2,1-2H3. The zero-order valence-electron chi connectivity index (χ0n) is 13.5. The molecule has 2 rings (SSSR count). The summed E-state index contributed by atoms with van der Waals surface area (Å²) in [5.74, 6) is 0.351. The molecule has 3 heteroatoms. The van der Waals surface area contributed by atoms with Crippen molar-refractivity contribution in [2.75, 3.05) is 19.6 Å². The van der Waals surface area contributed by atoms with Gasteiger partial charge in [-0.25, -0.2) is 0 Å². The summed E-state index contributed by atoms with van der Waals surface area (Å²) in [5, 5.41) is 13.1. The summed E-state index contributed by atoms with van der Waals surface area (Å²) in [6.45, 7) is 8.30. The lowest BCUT2D eigenvalue weighted by molar-refractivity contribution is 0.191. The minimum atomic E-state index is 0.351. The van der Waals surface area contributed by atoms with Crippen LogP contribution in [-0.2, 0) is 6.42 Å². The van der Waals surface area contributed by atoms with Crippen molar-refractivity contribution in [3.05, 3.63) is 29.8 Å². The molecule has 1 fully saturated rings. The highest BCUT2D eigenvalue weighted by molar-refractivity contribution is 5.25. The molecular formula is C18H30N2O. The highest BCUT2D eigenvalue weighted by Crippen LogP contribution is 2.14. The van der Waals surface area contributed by atoms with E-state index in [2.05, 4.69) is 24.1 Å². The predicted octanol–water partition coefficient (Wildman–Crippen LogP) is 3.18. The summed E-state index contributed by atoms with van der Waals surface area (Å²) in [6, 6.07) is 8.83.